The minimum Gasteiger partial charge on any atom is -0.339 e. The van der Waals surface area contributed by atoms with Crippen molar-refractivity contribution in [2.24, 2.45) is 5.73 Å². The molecule has 122 valence electrons. The molecule has 0 bridgehead atoms. The number of nitrogens with zero attached hydrogens (tertiary/aromatic N) is 2. The quantitative estimate of drug-likeness (QED) is 0.874. The van der Waals surface area contributed by atoms with E-state index in [1.165, 1.54) is 11.3 Å². The summed E-state index contributed by atoms with van der Waals surface area (Å²) in [5.74, 6) is -0.418. The average Bonchev–Trinajstić information content (AvgIpc) is 3.16. The summed E-state index contributed by atoms with van der Waals surface area (Å²) in [6.07, 6.45) is 0.591. The Morgan fingerprint density at radius 3 is 2.78 bits per heavy atom. The Morgan fingerprint density at radius 1 is 1.39 bits per heavy atom. The van der Waals surface area contributed by atoms with E-state index in [9.17, 15) is 9.59 Å². The Labute approximate surface area is 144 Å². The number of nitrogens with one attached hydrogen (secondary N) is 1. The molecular weight excluding hydrogens is 336 g/mol. The van der Waals surface area contributed by atoms with Gasteiger partial charge in [-0.15, -0.1) is 23.7 Å². The van der Waals surface area contributed by atoms with Crippen molar-refractivity contribution in [3.63, 3.8) is 0 Å². The summed E-state index contributed by atoms with van der Waals surface area (Å²) in [4.78, 5) is 30.4. The number of aromatic nitrogens is 1. The number of nitrogens with two attached hydrogens (primary N) is 1. The highest BCUT2D eigenvalue weighted by atomic mass is 35.5. The summed E-state index contributed by atoms with van der Waals surface area (Å²) in [5.41, 5.74) is 6.65. The summed E-state index contributed by atoms with van der Waals surface area (Å²) < 4.78 is 0. The van der Waals surface area contributed by atoms with E-state index in [1.807, 2.05) is 30.3 Å². The van der Waals surface area contributed by atoms with Crippen LogP contribution in [0.3, 0.4) is 0 Å². The molecule has 1 aromatic heterocycles. The third-order valence-corrected chi connectivity index (χ3v) is 4.41. The van der Waals surface area contributed by atoms with Crippen molar-refractivity contribution >= 4 is 41.2 Å². The molecule has 8 heteroatoms. The van der Waals surface area contributed by atoms with Crippen LogP contribution in [0.4, 0.5) is 5.69 Å². The molecule has 1 aliphatic heterocycles. The molecule has 1 atom stereocenters. The van der Waals surface area contributed by atoms with Gasteiger partial charge >= 0.3 is 0 Å². The van der Waals surface area contributed by atoms with Gasteiger partial charge in [0, 0.05) is 24.2 Å². The maximum Gasteiger partial charge on any atom is 0.271 e. The van der Waals surface area contributed by atoms with E-state index in [0.717, 1.165) is 5.69 Å². The van der Waals surface area contributed by atoms with Crippen LogP contribution in [0.2, 0.25) is 0 Å². The first-order valence-corrected chi connectivity index (χ1v) is 7.89. The van der Waals surface area contributed by atoms with Gasteiger partial charge in [-0.2, -0.15) is 0 Å². The molecule has 0 saturated carbocycles. The zero-order valence-electron chi connectivity index (χ0n) is 12.3. The van der Waals surface area contributed by atoms with E-state index in [-0.39, 0.29) is 24.2 Å². The number of carbonyl (C=O) groups excluding carboxylic acids is 2. The zero-order valence-corrected chi connectivity index (χ0v) is 13.9. The number of hydrogen-bond acceptors (Lipinski definition) is 5. The summed E-state index contributed by atoms with van der Waals surface area (Å²) in [7, 11) is 0. The molecule has 2 amide bonds. The van der Waals surface area contributed by atoms with Crippen molar-refractivity contribution in [1.82, 2.24) is 10.3 Å². The summed E-state index contributed by atoms with van der Waals surface area (Å²) in [6.45, 7) is 0.904. The highest BCUT2D eigenvalue weighted by molar-refractivity contribution is 7.09. The smallest absolute Gasteiger partial charge is 0.271 e. The SMILES string of the molecule is Cl.NCc1nc(C(=O)NC2CCN(c3ccccc3)C2=O)cs1. The molecule has 23 heavy (non-hydrogen) atoms. The maximum absolute atomic E-state index is 12.4. The van der Waals surface area contributed by atoms with Gasteiger partial charge in [0.05, 0.1) is 0 Å². The molecule has 2 heterocycles. The van der Waals surface area contributed by atoms with Crippen LogP contribution in [-0.4, -0.2) is 29.4 Å². The molecule has 1 aromatic carbocycles. The van der Waals surface area contributed by atoms with E-state index in [1.54, 1.807) is 10.3 Å². The van der Waals surface area contributed by atoms with Gasteiger partial charge in [-0.3, -0.25) is 9.59 Å². The molecule has 6 nitrogen and oxygen atoms in total. The number of hydrogen-bond donors (Lipinski definition) is 2. The zero-order chi connectivity index (χ0) is 15.5. The molecule has 3 rings (SSSR count). The van der Waals surface area contributed by atoms with E-state index in [4.69, 9.17) is 5.73 Å². The molecule has 1 fully saturated rings. The predicted molar refractivity (Wildman–Crippen MR) is 91.9 cm³/mol. The second-order valence-electron chi connectivity index (χ2n) is 4.97. The summed E-state index contributed by atoms with van der Waals surface area (Å²) in [6, 6.07) is 8.94. The third-order valence-electron chi connectivity index (χ3n) is 3.54. The molecule has 0 aliphatic carbocycles. The number of halogens is 1. The van der Waals surface area contributed by atoms with Crippen molar-refractivity contribution in [3.05, 3.63) is 46.4 Å². The van der Waals surface area contributed by atoms with E-state index < -0.39 is 6.04 Å². The fourth-order valence-electron chi connectivity index (χ4n) is 2.42. The summed E-state index contributed by atoms with van der Waals surface area (Å²) >= 11 is 1.34. The van der Waals surface area contributed by atoms with Crippen LogP contribution in [0.5, 0.6) is 0 Å². The Kier molecular flexibility index (Phi) is 5.70. The second kappa shape index (κ2) is 7.54. The molecule has 1 aliphatic rings. The van der Waals surface area contributed by atoms with Gasteiger partial charge in [0.2, 0.25) is 5.91 Å². The van der Waals surface area contributed by atoms with Gasteiger partial charge in [-0.25, -0.2) is 4.98 Å². The number of para-hydroxylation sites is 1. The topological polar surface area (TPSA) is 88.3 Å². The van der Waals surface area contributed by atoms with Gasteiger partial charge in [0.25, 0.3) is 5.91 Å². The van der Waals surface area contributed by atoms with Crippen molar-refractivity contribution in [2.45, 2.75) is 19.0 Å². The van der Waals surface area contributed by atoms with Crippen LogP contribution in [0.15, 0.2) is 35.7 Å². The molecule has 3 N–H and O–H groups in total. The second-order valence-corrected chi connectivity index (χ2v) is 5.91. The van der Waals surface area contributed by atoms with Crippen LogP contribution in [0, 0.1) is 0 Å². The van der Waals surface area contributed by atoms with Crippen LogP contribution in [0.25, 0.3) is 0 Å². The van der Waals surface area contributed by atoms with Crippen molar-refractivity contribution in [3.8, 4) is 0 Å². The van der Waals surface area contributed by atoms with Crippen LogP contribution in [-0.2, 0) is 11.3 Å². The minimum absolute atomic E-state index is 0. The molecular formula is C15H17ClN4O2S. The van der Waals surface area contributed by atoms with Crippen LogP contribution in [0.1, 0.15) is 21.9 Å². The van der Waals surface area contributed by atoms with Crippen LogP contribution < -0.4 is 16.0 Å². The van der Waals surface area contributed by atoms with Gasteiger partial charge < -0.3 is 16.0 Å². The average molecular weight is 353 g/mol. The van der Waals surface area contributed by atoms with Gasteiger partial charge in [0.15, 0.2) is 0 Å². The monoisotopic (exact) mass is 352 g/mol. The van der Waals surface area contributed by atoms with Gasteiger partial charge in [0.1, 0.15) is 16.7 Å². The molecule has 1 unspecified atom stereocenters. The van der Waals surface area contributed by atoms with Crippen molar-refractivity contribution in [1.29, 1.82) is 0 Å². The first kappa shape index (κ1) is 17.4. The Hall–Kier alpha value is -1.96. The number of carbonyl (C=O) groups is 2. The fraction of sp³-hybridized carbons (Fsp3) is 0.267. The molecule has 2 aromatic rings. The number of rotatable bonds is 4. The number of thiazole rings is 1. The maximum atomic E-state index is 12.4. The number of amides is 2. The Balaban J connectivity index is 0.00000192. The lowest BCUT2D eigenvalue weighted by atomic mass is 10.2. The van der Waals surface area contributed by atoms with Gasteiger partial charge in [-0.05, 0) is 18.6 Å². The fourth-order valence-corrected chi connectivity index (χ4v) is 3.07. The lowest BCUT2D eigenvalue weighted by Crippen LogP contribution is -2.41. The Bertz CT molecular complexity index is 692. The standard InChI is InChI=1S/C15H16N4O2S.ClH/c16-8-13-17-12(9-22-13)14(20)18-11-6-7-19(15(11)21)10-4-2-1-3-5-10;/h1-5,9,11H,6-8,16H2,(H,18,20);1H. The van der Waals surface area contributed by atoms with E-state index in [2.05, 4.69) is 10.3 Å². The largest absolute Gasteiger partial charge is 0.339 e. The van der Waals surface area contributed by atoms with Crippen LogP contribution >= 0.6 is 23.7 Å². The highest BCUT2D eigenvalue weighted by Gasteiger charge is 2.33. The number of anilines is 1. The Morgan fingerprint density at radius 2 is 2.13 bits per heavy atom. The lowest BCUT2D eigenvalue weighted by Gasteiger charge is -2.16. The summed E-state index contributed by atoms with van der Waals surface area (Å²) in [5, 5.41) is 5.12. The third kappa shape index (κ3) is 3.69. The number of benzene rings is 1. The molecule has 0 spiro atoms. The minimum atomic E-state index is -0.504. The van der Waals surface area contributed by atoms with E-state index in [0.29, 0.717) is 30.2 Å². The van der Waals surface area contributed by atoms with Crippen molar-refractivity contribution in [2.75, 3.05) is 11.4 Å². The first-order valence-electron chi connectivity index (χ1n) is 7.01. The molecule has 1 saturated heterocycles. The molecule has 0 radical (unpaired) electrons. The van der Waals surface area contributed by atoms with E-state index >= 15 is 0 Å². The lowest BCUT2D eigenvalue weighted by molar-refractivity contribution is -0.118. The van der Waals surface area contributed by atoms with Gasteiger partial charge in [-0.1, -0.05) is 18.2 Å². The first-order chi connectivity index (χ1) is 10.7. The highest BCUT2D eigenvalue weighted by Crippen LogP contribution is 2.21. The normalized spacial score (nSPS) is 17.0. The van der Waals surface area contributed by atoms with Crippen molar-refractivity contribution < 1.29 is 9.59 Å². The predicted octanol–water partition coefficient (Wildman–Crippen LogP) is 1.56.